The first-order chi connectivity index (χ1) is 12.3. The fourth-order valence-electron chi connectivity index (χ4n) is 2.49. The number of carbonyl (C=O) groups excluding carboxylic acids is 1. The lowest BCUT2D eigenvalue weighted by molar-refractivity contribution is -0.138. The summed E-state index contributed by atoms with van der Waals surface area (Å²) in [7, 11) is 0. The Balaban J connectivity index is 1.63. The molecule has 0 saturated heterocycles. The molecule has 0 bridgehead atoms. The molecule has 0 radical (unpaired) electrons. The van der Waals surface area contributed by atoms with E-state index in [1.807, 2.05) is 35.2 Å². The van der Waals surface area contributed by atoms with E-state index < -0.39 is 11.7 Å². The summed E-state index contributed by atoms with van der Waals surface area (Å²) in [4.78, 5) is 18.2. The molecular formula is C18H16ClF3N2OS. The van der Waals surface area contributed by atoms with Crippen molar-refractivity contribution in [2.24, 2.45) is 0 Å². The summed E-state index contributed by atoms with van der Waals surface area (Å²) in [5, 5.41) is 0.127. The van der Waals surface area contributed by atoms with Crippen molar-refractivity contribution < 1.29 is 18.0 Å². The summed E-state index contributed by atoms with van der Waals surface area (Å²) in [6.07, 6.45) is -1.81. The smallest absolute Gasteiger partial charge is 0.335 e. The lowest BCUT2D eigenvalue weighted by Gasteiger charge is -2.22. The van der Waals surface area contributed by atoms with Gasteiger partial charge in [0.25, 0.3) is 0 Å². The second-order valence-corrected chi connectivity index (χ2v) is 7.41. The summed E-state index contributed by atoms with van der Waals surface area (Å²) in [5.74, 6) is 0.0145. The van der Waals surface area contributed by atoms with E-state index in [0.717, 1.165) is 42.4 Å². The standard InChI is InChI=1S/C18H16ClF3N2OS/c19-15-8-13(18(20,21)22)9-23-17(15)26-11-16(25)24(14-6-7-14)10-12-4-2-1-3-5-12/h1-5,8-9,14H,6-7,10-11H2. The van der Waals surface area contributed by atoms with Crippen molar-refractivity contribution >= 4 is 29.3 Å². The van der Waals surface area contributed by atoms with Crippen LogP contribution in [0.2, 0.25) is 5.02 Å². The number of benzene rings is 1. The molecule has 1 aromatic heterocycles. The van der Waals surface area contributed by atoms with Crippen molar-refractivity contribution in [3.8, 4) is 0 Å². The fraction of sp³-hybridized carbons (Fsp3) is 0.333. The third-order valence-corrected chi connectivity index (χ3v) is 5.36. The molecule has 3 nitrogen and oxygen atoms in total. The molecule has 1 aliphatic carbocycles. The number of alkyl halides is 3. The summed E-state index contributed by atoms with van der Waals surface area (Å²) < 4.78 is 38.0. The largest absolute Gasteiger partial charge is 0.417 e. The van der Waals surface area contributed by atoms with Crippen LogP contribution in [0.25, 0.3) is 0 Å². The molecule has 1 fully saturated rings. The Morgan fingerprint density at radius 2 is 1.96 bits per heavy atom. The number of pyridine rings is 1. The number of nitrogens with zero attached hydrogens (tertiary/aromatic N) is 2. The summed E-state index contributed by atoms with van der Waals surface area (Å²) in [5.41, 5.74) is 0.144. The first-order valence-corrected chi connectivity index (χ1v) is 9.40. The molecule has 1 heterocycles. The van der Waals surface area contributed by atoms with Crippen molar-refractivity contribution in [1.29, 1.82) is 0 Å². The highest BCUT2D eigenvalue weighted by atomic mass is 35.5. The van der Waals surface area contributed by atoms with E-state index in [-0.39, 0.29) is 27.8 Å². The average Bonchev–Trinajstić information content (AvgIpc) is 3.43. The van der Waals surface area contributed by atoms with Crippen LogP contribution < -0.4 is 0 Å². The monoisotopic (exact) mass is 400 g/mol. The van der Waals surface area contributed by atoms with E-state index in [1.165, 1.54) is 0 Å². The van der Waals surface area contributed by atoms with Gasteiger partial charge in [0, 0.05) is 18.8 Å². The lowest BCUT2D eigenvalue weighted by atomic mass is 10.2. The normalized spacial score (nSPS) is 14.3. The van der Waals surface area contributed by atoms with Gasteiger partial charge in [-0.1, -0.05) is 53.7 Å². The zero-order valence-corrected chi connectivity index (χ0v) is 15.2. The van der Waals surface area contributed by atoms with Gasteiger partial charge in [0.05, 0.1) is 16.3 Å². The van der Waals surface area contributed by atoms with Gasteiger partial charge in [-0.2, -0.15) is 13.2 Å². The fourth-order valence-corrected chi connectivity index (χ4v) is 3.57. The Kier molecular flexibility index (Phi) is 5.77. The van der Waals surface area contributed by atoms with Gasteiger partial charge in [0.15, 0.2) is 0 Å². The molecule has 3 rings (SSSR count). The van der Waals surface area contributed by atoms with E-state index >= 15 is 0 Å². The number of carbonyl (C=O) groups is 1. The predicted molar refractivity (Wildman–Crippen MR) is 95.0 cm³/mol. The van der Waals surface area contributed by atoms with Gasteiger partial charge in [0.2, 0.25) is 5.91 Å². The van der Waals surface area contributed by atoms with Crippen LogP contribution in [0.5, 0.6) is 0 Å². The topological polar surface area (TPSA) is 33.2 Å². The van der Waals surface area contributed by atoms with Crippen molar-refractivity contribution in [1.82, 2.24) is 9.88 Å². The van der Waals surface area contributed by atoms with Crippen LogP contribution in [0.3, 0.4) is 0 Å². The van der Waals surface area contributed by atoms with Gasteiger partial charge >= 0.3 is 6.18 Å². The van der Waals surface area contributed by atoms with E-state index in [1.54, 1.807) is 0 Å². The molecule has 26 heavy (non-hydrogen) atoms. The van der Waals surface area contributed by atoms with Crippen molar-refractivity contribution in [3.05, 3.63) is 58.7 Å². The Bertz CT molecular complexity index is 782. The van der Waals surface area contributed by atoms with Gasteiger partial charge in [-0.25, -0.2) is 4.98 Å². The number of hydrogen-bond acceptors (Lipinski definition) is 3. The maximum Gasteiger partial charge on any atom is 0.417 e. The van der Waals surface area contributed by atoms with Gasteiger partial charge in [-0.05, 0) is 24.5 Å². The van der Waals surface area contributed by atoms with Crippen LogP contribution in [0, 0.1) is 0 Å². The van der Waals surface area contributed by atoms with Crippen molar-refractivity contribution in [2.45, 2.75) is 36.6 Å². The molecule has 1 saturated carbocycles. The van der Waals surface area contributed by atoms with Gasteiger partial charge in [-0.3, -0.25) is 4.79 Å². The predicted octanol–water partition coefficient (Wildman–Crippen LogP) is 5.04. The molecule has 1 aromatic carbocycles. The highest BCUT2D eigenvalue weighted by Crippen LogP contribution is 2.34. The first-order valence-electron chi connectivity index (χ1n) is 8.03. The molecule has 8 heteroatoms. The molecule has 0 atom stereocenters. The van der Waals surface area contributed by atoms with Crippen LogP contribution in [0.1, 0.15) is 24.0 Å². The Labute approximate surface area is 158 Å². The summed E-state index contributed by atoms with van der Waals surface area (Å²) in [6.45, 7) is 0.527. The van der Waals surface area contributed by atoms with E-state index in [2.05, 4.69) is 4.98 Å². The third-order valence-electron chi connectivity index (χ3n) is 3.97. The summed E-state index contributed by atoms with van der Waals surface area (Å²) in [6, 6.07) is 10.8. The van der Waals surface area contributed by atoms with E-state index in [0.29, 0.717) is 6.54 Å². The molecule has 1 aliphatic rings. The lowest BCUT2D eigenvalue weighted by Crippen LogP contribution is -2.34. The molecule has 0 unspecified atom stereocenters. The Morgan fingerprint density at radius 3 is 2.54 bits per heavy atom. The molecule has 0 spiro atoms. The molecule has 2 aromatic rings. The second kappa shape index (κ2) is 7.88. The van der Waals surface area contributed by atoms with Crippen LogP contribution in [0.15, 0.2) is 47.6 Å². The van der Waals surface area contributed by atoms with Crippen LogP contribution in [0.4, 0.5) is 13.2 Å². The van der Waals surface area contributed by atoms with Crippen molar-refractivity contribution in [3.63, 3.8) is 0 Å². The van der Waals surface area contributed by atoms with Crippen LogP contribution >= 0.6 is 23.4 Å². The maximum absolute atomic E-state index is 12.7. The zero-order chi connectivity index (χ0) is 18.7. The van der Waals surface area contributed by atoms with Gasteiger partial charge in [-0.15, -0.1) is 0 Å². The highest BCUT2D eigenvalue weighted by molar-refractivity contribution is 8.00. The SMILES string of the molecule is O=C(CSc1ncc(C(F)(F)F)cc1Cl)N(Cc1ccccc1)C1CC1. The number of hydrogen-bond donors (Lipinski definition) is 0. The van der Waals surface area contributed by atoms with Crippen LogP contribution in [-0.2, 0) is 17.5 Å². The molecule has 138 valence electrons. The number of thioether (sulfide) groups is 1. The highest BCUT2D eigenvalue weighted by Gasteiger charge is 2.33. The maximum atomic E-state index is 12.7. The number of aromatic nitrogens is 1. The average molecular weight is 401 g/mol. The van der Waals surface area contributed by atoms with E-state index in [4.69, 9.17) is 11.6 Å². The third kappa shape index (κ3) is 4.92. The molecular weight excluding hydrogens is 385 g/mol. The van der Waals surface area contributed by atoms with Crippen LogP contribution in [-0.4, -0.2) is 27.6 Å². The molecule has 0 aliphatic heterocycles. The number of amides is 1. The minimum atomic E-state index is -4.49. The van der Waals surface area contributed by atoms with Crippen molar-refractivity contribution in [2.75, 3.05) is 5.75 Å². The van der Waals surface area contributed by atoms with Gasteiger partial charge < -0.3 is 4.90 Å². The minimum Gasteiger partial charge on any atom is -0.335 e. The molecule has 0 N–H and O–H groups in total. The second-order valence-electron chi connectivity index (χ2n) is 6.04. The quantitative estimate of drug-likeness (QED) is 0.637. The Morgan fingerprint density at radius 1 is 1.27 bits per heavy atom. The van der Waals surface area contributed by atoms with Gasteiger partial charge in [0.1, 0.15) is 5.03 Å². The van der Waals surface area contributed by atoms with E-state index in [9.17, 15) is 18.0 Å². The first kappa shape index (κ1) is 19.0. The zero-order valence-electron chi connectivity index (χ0n) is 13.7. The minimum absolute atomic E-state index is 0.0703. The Hall–Kier alpha value is -1.73. The summed E-state index contributed by atoms with van der Waals surface area (Å²) >= 11 is 6.95. The number of rotatable bonds is 6. The molecule has 1 amide bonds. The number of halogens is 4.